The fourth-order valence-corrected chi connectivity index (χ4v) is 4.39. The van der Waals surface area contributed by atoms with Gasteiger partial charge in [-0.15, -0.1) is 0 Å². The number of hydrogen-bond acceptors (Lipinski definition) is 5. The zero-order chi connectivity index (χ0) is 20.6. The number of aryl methyl sites for hydroxylation is 1. The second kappa shape index (κ2) is 7.81. The van der Waals surface area contributed by atoms with E-state index in [-0.39, 0.29) is 5.91 Å². The van der Waals surface area contributed by atoms with E-state index in [4.69, 9.17) is 14.6 Å². The predicted octanol–water partition coefficient (Wildman–Crippen LogP) is 3.33. The summed E-state index contributed by atoms with van der Waals surface area (Å²) in [5, 5.41) is 4.79. The molecule has 0 saturated carbocycles. The van der Waals surface area contributed by atoms with Crippen molar-refractivity contribution in [3.8, 4) is 11.3 Å². The quantitative estimate of drug-likeness (QED) is 0.665. The number of benzene rings is 1. The van der Waals surface area contributed by atoms with Crippen LogP contribution in [0.4, 0.5) is 0 Å². The topological polar surface area (TPSA) is 69.0 Å². The van der Waals surface area contributed by atoms with Crippen LogP contribution in [0, 0.1) is 0 Å². The number of piperidine rings is 1. The molecule has 2 aromatic heterocycles. The molecule has 1 spiro atoms. The van der Waals surface area contributed by atoms with Gasteiger partial charge in [0.25, 0.3) is 5.91 Å². The van der Waals surface area contributed by atoms with Crippen LogP contribution in [0.25, 0.3) is 16.9 Å². The standard InChI is InChI=1S/C23H26N4O3/c1-2-6-20-18(22(28)26-11-9-23(10-12-26)29-13-14-30-23)16-24-21-15-19(25-27(20)21)17-7-4-3-5-8-17/h3-5,7-8,15-16H,2,6,9-14H2,1H3. The molecule has 0 radical (unpaired) electrons. The number of ether oxygens (including phenoxy) is 2. The van der Waals surface area contributed by atoms with E-state index in [2.05, 4.69) is 11.9 Å². The Morgan fingerprint density at radius 2 is 1.87 bits per heavy atom. The largest absolute Gasteiger partial charge is 0.347 e. The third-order valence-electron chi connectivity index (χ3n) is 6.00. The van der Waals surface area contributed by atoms with Gasteiger partial charge in [0.15, 0.2) is 11.4 Å². The van der Waals surface area contributed by atoms with E-state index >= 15 is 0 Å². The number of rotatable bonds is 4. The average molecular weight is 406 g/mol. The van der Waals surface area contributed by atoms with Gasteiger partial charge in [-0.2, -0.15) is 5.10 Å². The van der Waals surface area contributed by atoms with Gasteiger partial charge in [0.1, 0.15) is 0 Å². The van der Waals surface area contributed by atoms with Crippen molar-refractivity contribution in [2.75, 3.05) is 26.3 Å². The Kier molecular flexibility index (Phi) is 5.00. The summed E-state index contributed by atoms with van der Waals surface area (Å²) in [7, 11) is 0. The zero-order valence-corrected chi connectivity index (χ0v) is 17.2. The van der Waals surface area contributed by atoms with Crippen LogP contribution in [0.5, 0.6) is 0 Å². The number of fused-ring (bicyclic) bond motifs is 1. The van der Waals surface area contributed by atoms with Crippen LogP contribution < -0.4 is 0 Å². The molecule has 156 valence electrons. The summed E-state index contributed by atoms with van der Waals surface area (Å²) >= 11 is 0. The third kappa shape index (κ3) is 3.38. The molecule has 0 atom stereocenters. The first-order valence-electron chi connectivity index (χ1n) is 10.7. The molecule has 0 unspecified atom stereocenters. The summed E-state index contributed by atoms with van der Waals surface area (Å²) in [6.45, 7) is 4.63. The Labute approximate surface area is 175 Å². The minimum absolute atomic E-state index is 0.0115. The van der Waals surface area contributed by atoms with Crippen LogP contribution in [0.3, 0.4) is 0 Å². The maximum atomic E-state index is 13.4. The minimum Gasteiger partial charge on any atom is -0.347 e. The first-order chi connectivity index (χ1) is 14.7. The van der Waals surface area contributed by atoms with Gasteiger partial charge in [0.2, 0.25) is 0 Å². The van der Waals surface area contributed by atoms with Crippen molar-refractivity contribution in [2.45, 2.75) is 38.4 Å². The summed E-state index contributed by atoms with van der Waals surface area (Å²) in [5.74, 6) is -0.477. The number of carbonyl (C=O) groups is 1. The highest BCUT2D eigenvalue weighted by Gasteiger charge is 2.41. The molecule has 2 aliphatic rings. The van der Waals surface area contributed by atoms with E-state index in [1.807, 2.05) is 45.8 Å². The molecular weight excluding hydrogens is 380 g/mol. The van der Waals surface area contributed by atoms with E-state index in [0.29, 0.717) is 44.7 Å². The lowest BCUT2D eigenvalue weighted by Gasteiger charge is -2.37. The highest BCUT2D eigenvalue weighted by atomic mass is 16.7. The number of likely N-dealkylation sites (tertiary alicyclic amines) is 1. The summed E-state index contributed by atoms with van der Waals surface area (Å²) in [6.07, 6.45) is 4.81. The second-order valence-corrected chi connectivity index (χ2v) is 7.93. The zero-order valence-electron chi connectivity index (χ0n) is 17.2. The van der Waals surface area contributed by atoms with Gasteiger partial charge in [0.05, 0.1) is 30.2 Å². The van der Waals surface area contributed by atoms with Gasteiger partial charge in [-0.1, -0.05) is 43.7 Å². The van der Waals surface area contributed by atoms with E-state index in [9.17, 15) is 4.79 Å². The van der Waals surface area contributed by atoms with Crippen LogP contribution in [-0.4, -0.2) is 57.5 Å². The fraction of sp³-hybridized carbons (Fsp3) is 0.435. The summed E-state index contributed by atoms with van der Waals surface area (Å²) in [4.78, 5) is 19.8. The van der Waals surface area contributed by atoms with Crippen molar-refractivity contribution in [2.24, 2.45) is 0 Å². The maximum absolute atomic E-state index is 13.4. The van der Waals surface area contributed by atoms with Crippen molar-refractivity contribution >= 4 is 11.6 Å². The molecule has 3 aromatic rings. The van der Waals surface area contributed by atoms with Crippen LogP contribution >= 0.6 is 0 Å². The highest BCUT2D eigenvalue weighted by molar-refractivity contribution is 5.95. The predicted molar refractivity (Wildman–Crippen MR) is 112 cm³/mol. The lowest BCUT2D eigenvalue weighted by Crippen LogP contribution is -2.47. The molecule has 2 saturated heterocycles. The van der Waals surface area contributed by atoms with Gasteiger partial charge in [-0.05, 0) is 6.42 Å². The molecule has 2 aliphatic heterocycles. The van der Waals surface area contributed by atoms with Gasteiger partial charge < -0.3 is 14.4 Å². The van der Waals surface area contributed by atoms with E-state index in [0.717, 1.165) is 35.4 Å². The lowest BCUT2D eigenvalue weighted by molar-refractivity contribution is -0.181. The molecule has 0 N–H and O–H groups in total. The number of hydrogen-bond donors (Lipinski definition) is 0. The fourth-order valence-electron chi connectivity index (χ4n) is 4.39. The first kappa shape index (κ1) is 19.2. The van der Waals surface area contributed by atoms with Crippen LogP contribution in [0.15, 0.2) is 42.6 Å². The molecule has 1 amide bonds. The van der Waals surface area contributed by atoms with Crippen molar-refractivity contribution in [3.63, 3.8) is 0 Å². The normalized spacial score (nSPS) is 18.4. The Morgan fingerprint density at radius 3 is 2.57 bits per heavy atom. The Balaban J connectivity index is 1.46. The van der Waals surface area contributed by atoms with Crippen molar-refractivity contribution in [1.29, 1.82) is 0 Å². The van der Waals surface area contributed by atoms with Gasteiger partial charge in [-0.25, -0.2) is 9.50 Å². The number of aromatic nitrogens is 3. The lowest BCUT2D eigenvalue weighted by atomic mass is 10.0. The highest BCUT2D eigenvalue weighted by Crippen LogP contribution is 2.32. The molecule has 0 aliphatic carbocycles. The van der Waals surface area contributed by atoms with E-state index in [1.165, 1.54) is 0 Å². The molecule has 1 aromatic carbocycles. The van der Waals surface area contributed by atoms with Gasteiger partial charge in [-0.3, -0.25) is 4.79 Å². The number of carbonyl (C=O) groups excluding carboxylic acids is 1. The molecule has 7 heteroatoms. The van der Waals surface area contributed by atoms with Crippen molar-refractivity contribution < 1.29 is 14.3 Å². The minimum atomic E-state index is -0.488. The van der Waals surface area contributed by atoms with Crippen molar-refractivity contribution in [3.05, 3.63) is 53.9 Å². The van der Waals surface area contributed by atoms with Crippen molar-refractivity contribution in [1.82, 2.24) is 19.5 Å². The van der Waals surface area contributed by atoms with Gasteiger partial charge >= 0.3 is 0 Å². The van der Waals surface area contributed by atoms with Crippen LogP contribution in [0.1, 0.15) is 42.2 Å². The Bertz CT molecular complexity index is 1050. The average Bonchev–Trinajstić information content (AvgIpc) is 3.42. The molecule has 30 heavy (non-hydrogen) atoms. The van der Waals surface area contributed by atoms with Crippen LogP contribution in [-0.2, 0) is 15.9 Å². The summed E-state index contributed by atoms with van der Waals surface area (Å²) < 4.78 is 13.4. The van der Waals surface area contributed by atoms with Gasteiger partial charge in [0, 0.05) is 43.8 Å². The number of nitrogens with zero attached hydrogens (tertiary/aromatic N) is 4. The third-order valence-corrected chi connectivity index (χ3v) is 6.00. The SMILES string of the molecule is CCCc1c(C(=O)N2CCC3(CC2)OCCO3)cnc2cc(-c3ccccc3)nn12. The van der Waals surface area contributed by atoms with Crippen LogP contribution in [0.2, 0.25) is 0 Å². The number of amides is 1. The molecule has 4 heterocycles. The first-order valence-corrected chi connectivity index (χ1v) is 10.7. The Morgan fingerprint density at radius 1 is 1.13 bits per heavy atom. The van der Waals surface area contributed by atoms with E-state index in [1.54, 1.807) is 6.20 Å². The molecule has 5 rings (SSSR count). The van der Waals surface area contributed by atoms with E-state index < -0.39 is 5.79 Å². The molecule has 0 bridgehead atoms. The Hall–Kier alpha value is -2.77. The smallest absolute Gasteiger partial charge is 0.257 e. The maximum Gasteiger partial charge on any atom is 0.257 e. The molecular formula is C23H26N4O3. The monoisotopic (exact) mass is 406 g/mol. The molecule has 2 fully saturated rings. The second-order valence-electron chi connectivity index (χ2n) is 7.93. The molecule has 7 nitrogen and oxygen atoms in total. The summed E-state index contributed by atoms with van der Waals surface area (Å²) in [5.41, 5.74) is 4.22. The summed E-state index contributed by atoms with van der Waals surface area (Å²) in [6, 6.07) is 12.0.